The van der Waals surface area contributed by atoms with Crippen LogP contribution in [0.2, 0.25) is 0 Å². The van der Waals surface area contributed by atoms with E-state index in [-0.39, 0.29) is 12.3 Å². The van der Waals surface area contributed by atoms with Gasteiger partial charge >= 0.3 is 17.9 Å². The molecule has 0 amide bonds. The van der Waals surface area contributed by atoms with Gasteiger partial charge in [0.05, 0.1) is 12.3 Å². The van der Waals surface area contributed by atoms with Crippen molar-refractivity contribution in [3.8, 4) is 0 Å². The lowest BCUT2D eigenvalue weighted by Crippen LogP contribution is -2.36. The minimum Gasteiger partial charge on any atom is -0.481 e. The molecule has 0 radical (unpaired) electrons. The van der Waals surface area contributed by atoms with Gasteiger partial charge in [-0.1, -0.05) is 23.8 Å². The molecule has 122 valence electrons. The van der Waals surface area contributed by atoms with Gasteiger partial charge in [-0.05, 0) is 19.8 Å². The van der Waals surface area contributed by atoms with Crippen molar-refractivity contribution in [2.24, 2.45) is 17.8 Å². The van der Waals surface area contributed by atoms with E-state index in [1.54, 1.807) is 26.0 Å². The van der Waals surface area contributed by atoms with E-state index in [0.717, 1.165) is 5.57 Å². The quantitative estimate of drug-likeness (QED) is 0.516. The predicted octanol–water partition coefficient (Wildman–Crippen LogP) is 0.973. The van der Waals surface area contributed by atoms with E-state index in [2.05, 4.69) is 5.32 Å². The molecule has 1 aliphatic heterocycles. The van der Waals surface area contributed by atoms with Gasteiger partial charge < -0.3 is 20.6 Å². The van der Waals surface area contributed by atoms with Gasteiger partial charge in [-0.25, -0.2) is 0 Å². The number of hydrogen-bond donors (Lipinski definition) is 4. The zero-order valence-corrected chi connectivity index (χ0v) is 12.5. The van der Waals surface area contributed by atoms with Crippen LogP contribution in [0.5, 0.6) is 0 Å². The molecule has 7 heteroatoms. The van der Waals surface area contributed by atoms with Gasteiger partial charge in [0.1, 0.15) is 6.04 Å². The molecule has 0 aromatic rings. The summed E-state index contributed by atoms with van der Waals surface area (Å²) in [4.78, 5) is 32.8. The molecule has 0 spiro atoms. The van der Waals surface area contributed by atoms with Gasteiger partial charge in [-0.15, -0.1) is 0 Å². The zero-order valence-electron chi connectivity index (χ0n) is 12.5. The summed E-state index contributed by atoms with van der Waals surface area (Å²) in [7, 11) is 0. The van der Waals surface area contributed by atoms with Crippen LogP contribution >= 0.6 is 0 Å². The van der Waals surface area contributed by atoms with E-state index < -0.39 is 35.8 Å². The Balaban J connectivity index is 2.85. The normalized spacial score (nSPS) is 27.0. The monoisotopic (exact) mass is 311 g/mol. The lowest BCUT2D eigenvalue weighted by Gasteiger charge is -2.20. The fraction of sp³-hybridized carbons (Fsp3) is 0.533. The van der Waals surface area contributed by atoms with Crippen LogP contribution in [0.1, 0.15) is 20.3 Å². The van der Waals surface area contributed by atoms with Crippen molar-refractivity contribution in [2.45, 2.75) is 26.3 Å². The molecule has 1 heterocycles. The van der Waals surface area contributed by atoms with E-state index in [1.165, 1.54) is 6.08 Å². The number of hydrogen-bond acceptors (Lipinski definition) is 4. The maximum atomic E-state index is 11.2. The third-order valence-electron chi connectivity index (χ3n) is 3.91. The van der Waals surface area contributed by atoms with Crippen LogP contribution in [-0.2, 0) is 14.4 Å². The highest BCUT2D eigenvalue weighted by atomic mass is 16.4. The minimum absolute atomic E-state index is 0.206. The van der Waals surface area contributed by atoms with Gasteiger partial charge in [0, 0.05) is 12.5 Å². The summed E-state index contributed by atoms with van der Waals surface area (Å²) in [5, 5.41) is 29.7. The SMILES string of the molecule is C/C(=C\C=C\C(C)C(=O)O)C1CN[C@H](C(=O)O)[C@H]1CC(=O)O. The number of rotatable bonds is 7. The first-order valence-electron chi connectivity index (χ1n) is 6.99. The first-order chi connectivity index (χ1) is 10.2. The Morgan fingerprint density at radius 3 is 2.41 bits per heavy atom. The summed E-state index contributed by atoms with van der Waals surface area (Å²) in [5.41, 5.74) is 0.830. The van der Waals surface area contributed by atoms with Crippen molar-refractivity contribution < 1.29 is 29.7 Å². The van der Waals surface area contributed by atoms with Crippen molar-refractivity contribution in [1.82, 2.24) is 5.32 Å². The van der Waals surface area contributed by atoms with E-state index in [4.69, 9.17) is 15.3 Å². The van der Waals surface area contributed by atoms with Crippen LogP contribution in [0, 0.1) is 17.8 Å². The van der Waals surface area contributed by atoms with Gasteiger partial charge in [-0.2, -0.15) is 0 Å². The molecule has 0 saturated carbocycles. The molecule has 7 nitrogen and oxygen atoms in total. The van der Waals surface area contributed by atoms with E-state index in [0.29, 0.717) is 6.54 Å². The summed E-state index contributed by atoms with van der Waals surface area (Å²) >= 11 is 0. The maximum absolute atomic E-state index is 11.2. The van der Waals surface area contributed by atoms with Crippen molar-refractivity contribution >= 4 is 17.9 Å². The molecule has 4 atom stereocenters. The Morgan fingerprint density at radius 2 is 1.91 bits per heavy atom. The number of carboxylic acid groups (broad SMARTS) is 3. The molecular formula is C15H21NO6. The lowest BCUT2D eigenvalue weighted by molar-refractivity contribution is -0.142. The highest BCUT2D eigenvalue weighted by Gasteiger charge is 2.41. The molecule has 2 unspecified atom stereocenters. The van der Waals surface area contributed by atoms with E-state index in [9.17, 15) is 14.4 Å². The molecule has 1 fully saturated rings. The highest BCUT2D eigenvalue weighted by Crippen LogP contribution is 2.31. The molecule has 22 heavy (non-hydrogen) atoms. The van der Waals surface area contributed by atoms with Crippen LogP contribution in [0.25, 0.3) is 0 Å². The largest absolute Gasteiger partial charge is 0.481 e. The summed E-state index contributed by atoms with van der Waals surface area (Å²) in [6.07, 6.45) is 4.62. The van der Waals surface area contributed by atoms with Crippen molar-refractivity contribution in [3.63, 3.8) is 0 Å². The average Bonchev–Trinajstić information content (AvgIpc) is 2.81. The van der Waals surface area contributed by atoms with Crippen molar-refractivity contribution in [2.75, 3.05) is 6.54 Å². The molecule has 0 aromatic heterocycles. The Hall–Kier alpha value is -2.15. The molecule has 1 rings (SSSR count). The molecule has 4 N–H and O–H groups in total. The Kier molecular flexibility index (Phi) is 6.30. The fourth-order valence-electron chi connectivity index (χ4n) is 2.60. The summed E-state index contributed by atoms with van der Waals surface area (Å²) in [6, 6.07) is -0.883. The van der Waals surface area contributed by atoms with Gasteiger partial charge in [-0.3, -0.25) is 14.4 Å². The second-order valence-corrected chi connectivity index (χ2v) is 5.51. The molecule has 1 saturated heterocycles. The van der Waals surface area contributed by atoms with Crippen molar-refractivity contribution in [3.05, 3.63) is 23.8 Å². The molecule has 0 aliphatic carbocycles. The summed E-state index contributed by atoms with van der Waals surface area (Å²) in [6.45, 7) is 3.73. The summed E-state index contributed by atoms with van der Waals surface area (Å²) < 4.78 is 0. The van der Waals surface area contributed by atoms with E-state index in [1.807, 2.05) is 0 Å². The van der Waals surface area contributed by atoms with Gasteiger partial charge in [0.15, 0.2) is 0 Å². The highest BCUT2D eigenvalue weighted by molar-refractivity contribution is 5.76. The van der Waals surface area contributed by atoms with Crippen LogP contribution in [0.15, 0.2) is 23.8 Å². The number of carboxylic acids is 3. The minimum atomic E-state index is -1.06. The smallest absolute Gasteiger partial charge is 0.321 e. The second kappa shape index (κ2) is 7.74. The average molecular weight is 311 g/mol. The van der Waals surface area contributed by atoms with Crippen LogP contribution < -0.4 is 5.32 Å². The molecule has 1 aliphatic rings. The number of carbonyl (C=O) groups is 3. The predicted molar refractivity (Wildman–Crippen MR) is 78.4 cm³/mol. The first-order valence-corrected chi connectivity index (χ1v) is 6.99. The third-order valence-corrected chi connectivity index (χ3v) is 3.91. The Labute approximate surface area is 128 Å². The van der Waals surface area contributed by atoms with Crippen molar-refractivity contribution in [1.29, 1.82) is 0 Å². The van der Waals surface area contributed by atoms with Crippen LogP contribution in [-0.4, -0.2) is 45.8 Å². The zero-order chi connectivity index (χ0) is 16.9. The van der Waals surface area contributed by atoms with Gasteiger partial charge in [0.25, 0.3) is 0 Å². The first kappa shape index (κ1) is 17.9. The Bertz CT molecular complexity index is 510. The second-order valence-electron chi connectivity index (χ2n) is 5.51. The van der Waals surface area contributed by atoms with Gasteiger partial charge in [0.2, 0.25) is 0 Å². The third kappa shape index (κ3) is 4.70. The molecule has 0 bridgehead atoms. The van der Waals surface area contributed by atoms with Crippen LogP contribution in [0.4, 0.5) is 0 Å². The Morgan fingerprint density at radius 1 is 1.27 bits per heavy atom. The number of aliphatic carboxylic acids is 3. The fourth-order valence-corrected chi connectivity index (χ4v) is 2.60. The maximum Gasteiger partial charge on any atom is 0.321 e. The molecular weight excluding hydrogens is 290 g/mol. The number of allylic oxidation sites excluding steroid dienone is 2. The topological polar surface area (TPSA) is 124 Å². The summed E-state index contributed by atoms with van der Waals surface area (Å²) in [5.74, 6) is -4.38. The van der Waals surface area contributed by atoms with E-state index >= 15 is 0 Å². The lowest BCUT2D eigenvalue weighted by atomic mass is 9.83. The molecule has 0 aromatic carbocycles. The number of nitrogens with one attached hydrogen (secondary N) is 1. The van der Waals surface area contributed by atoms with Crippen LogP contribution in [0.3, 0.4) is 0 Å². The standard InChI is InChI=1S/C15H21NO6/c1-8(4-3-5-9(2)14(19)20)11-7-16-13(15(21)22)10(11)6-12(17)18/h3-5,9-11,13,16H,6-7H2,1-2H3,(H,17,18)(H,19,20)(H,21,22)/b5-3+,8-4+/t9?,10-,11?,13-/m0/s1.